The van der Waals surface area contributed by atoms with Crippen LogP contribution in [0.3, 0.4) is 0 Å². The summed E-state index contributed by atoms with van der Waals surface area (Å²) >= 11 is 0. The summed E-state index contributed by atoms with van der Waals surface area (Å²) in [5, 5.41) is 2.84. The summed E-state index contributed by atoms with van der Waals surface area (Å²) in [6.07, 6.45) is 0.580. The maximum absolute atomic E-state index is 13.1. The average Bonchev–Trinajstić information content (AvgIpc) is 3.63. The van der Waals surface area contributed by atoms with Gasteiger partial charge in [-0.15, -0.1) is 0 Å². The minimum absolute atomic E-state index is 0.0229. The van der Waals surface area contributed by atoms with Crippen molar-refractivity contribution in [1.29, 1.82) is 0 Å². The van der Waals surface area contributed by atoms with Gasteiger partial charge in [0.1, 0.15) is 5.82 Å². The van der Waals surface area contributed by atoms with Crippen molar-refractivity contribution in [2.45, 2.75) is 36.8 Å². The SMILES string of the molecule is Cc1ccc(C(=O)O[C@@H](C(=O)NC2CC2)c2ccccc2)cc1S(=O)(=O)Nc1ccc(F)cc1. The predicted octanol–water partition coefficient (Wildman–Crippen LogP) is 4.11. The fourth-order valence-electron chi connectivity index (χ4n) is 3.33. The number of rotatable bonds is 8. The molecule has 176 valence electrons. The molecule has 1 atom stereocenters. The van der Waals surface area contributed by atoms with Gasteiger partial charge in [0.15, 0.2) is 0 Å². The normalized spacial score (nSPS) is 14.2. The molecule has 7 nitrogen and oxygen atoms in total. The van der Waals surface area contributed by atoms with Crippen LogP contribution < -0.4 is 10.0 Å². The van der Waals surface area contributed by atoms with E-state index in [9.17, 15) is 22.4 Å². The maximum Gasteiger partial charge on any atom is 0.339 e. The number of aryl methyl sites for hydroxylation is 1. The summed E-state index contributed by atoms with van der Waals surface area (Å²) in [7, 11) is -4.08. The summed E-state index contributed by atoms with van der Waals surface area (Å²) < 4.78 is 46.9. The van der Waals surface area contributed by atoms with Crippen LogP contribution in [0, 0.1) is 12.7 Å². The zero-order valence-corrected chi connectivity index (χ0v) is 19.1. The summed E-state index contributed by atoms with van der Waals surface area (Å²) in [4.78, 5) is 25.6. The number of sulfonamides is 1. The van der Waals surface area contributed by atoms with Crippen LogP contribution in [0.15, 0.2) is 77.7 Å². The van der Waals surface area contributed by atoms with Gasteiger partial charge in [-0.05, 0) is 61.7 Å². The molecular formula is C25H23FN2O5S. The fraction of sp³-hybridized carbons (Fsp3) is 0.200. The van der Waals surface area contributed by atoms with Crippen molar-refractivity contribution < 1.29 is 27.1 Å². The maximum atomic E-state index is 13.1. The number of carbonyl (C=O) groups is 2. The van der Waals surface area contributed by atoms with Gasteiger partial charge in [-0.2, -0.15) is 0 Å². The first-order valence-corrected chi connectivity index (χ1v) is 12.2. The molecular weight excluding hydrogens is 459 g/mol. The van der Waals surface area contributed by atoms with Gasteiger partial charge in [0.05, 0.1) is 10.5 Å². The van der Waals surface area contributed by atoms with E-state index in [2.05, 4.69) is 10.0 Å². The Balaban J connectivity index is 1.58. The molecule has 1 aliphatic rings. The van der Waals surface area contributed by atoms with E-state index >= 15 is 0 Å². The molecule has 2 N–H and O–H groups in total. The van der Waals surface area contributed by atoms with Crippen LogP contribution >= 0.6 is 0 Å². The third-order valence-corrected chi connectivity index (χ3v) is 6.82. The molecule has 34 heavy (non-hydrogen) atoms. The minimum atomic E-state index is -4.08. The molecule has 1 saturated carbocycles. The van der Waals surface area contributed by atoms with E-state index in [0.29, 0.717) is 11.1 Å². The van der Waals surface area contributed by atoms with Crippen molar-refractivity contribution in [3.05, 3.63) is 95.3 Å². The Hall–Kier alpha value is -3.72. The first-order valence-electron chi connectivity index (χ1n) is 10.7. The molecule has 0 aliphatic heterocycles. The standard InChI is InChI=1S/C25H23FN2O5S/c1-16-7-8-18(15-22(16)34(31,32)28-21-11-9-19(26)10-12-21)25(30)33-23(17-5-3-2-4-6-17)24(29)27-20-13-14-20/h2-12,15,20,23,28H,13-14H2,1H3,(H,27,29)/t23-/m1/s1. The third-order valence-electron chi connectivity index (χ3n) is 5.30. The summed E-state index contributed by atoms with van der Waals surface area (Å²) in [5.41, 5.74) is 1.06. The summed E-state index contributed by atoms with van der Waals surface area (Å²) in [6.45, 7) is 1.59. The number of hydrogen-bond acceptors (Lipinski definition) is 5. The Morgan fingerprint density at radius 1 is 1.00 bits per heavy atom. The van der Waals surface area contributed by atoms with E-state index in [1.165, 1.54) is 30.3 Å². The molecule has 1 fully saturated rings. The summed E-state index contributed by atoms with van der Waals surface area (Å²) in [6, 6.07) is 17.7. The highest BCUT2D eigenvalue weighted by Crippen LogP contribution is 2.26. The quantitative estimate of drug-likeness (QED) is 0.471. The highest BCUT2D eigenvalue weighted by molar-refractivity contribution is 7.92. The highest BCUT2D eigenvalue weighted by Gasteiger charge is 2.31. The van der Waals surface area contributed by atoms with Crippen molar-refractivity contribution in [3.8, 4) is 0 Å². The molecule has 1 aliphatic carbocycles. The van der Waals surface area contributed by atoms with Crippen LogP contribution in [0.4, 0.5) is 10.1 Å². The highest BCUT2D eigenvalue weighted by atomic mass is 32.2. The monoisotopic (exact) mass is 482 g/mol. The number of ether oxygens (including phenoxy) is 1. The van der Waals surface area contributed by atoms with Crippen LogP contribution in [0.1, 0.15) is 40.4 Å². The predicted molar refractivity (Wildman–Crippen MR) is 124 cm³/mol. The lowest BCUT2D eigenvalue weighted by Gasteiger charge is -2.18. The van der Waals surface area contributed by atoms with Gasteiger partial charge in [-0.25, -0.2) is 17.6 Å². The average molecular weight is 483 g/mol. The second kappa shape index (κ2) is 9.64. The van der Waals surface area contributed by atoms with E-state index in [4.69, 9.17) is 4.74 Å². The van der Waals surface area contributed by atoms with E-state index in [1.54, 1.807) is 37.3 Å². The number of carbonyl (C=O) groups excluding carboxylic acids is 2. The number of esters is 1. The van der Waals surface area contributed by atoms with Crippen molar-refractivity contribution in [2.24, 2.45) is 0 Å². The first-order chi connectivity index (χ1) is 16.2. The fourth-order valence-corrected chi connectivity index (χ4v) is 4.66. The lowest BCUT2D eigenvalue weighted by Crippen LogP contribution is -2.33. The van der Waals surface area contributed by atoms with E-state index < -0.39 is 33.8 Å². The lowest BCUT2D eigenvalue weighted by molar-refractivity contribution is -0.130. The van der Waals surface area contributed by atoms with Gasteiger partial charge in [0.25, 0.3) is 15.9 Å². The molecule has 0 spiro atoms. The third kappa shape index (κ3) is 5.60. The Bertz CT molecular complexity index is 1310. The molecule has 0 bridgehead atoms. The number of amides is 1. The Morgan fingerprint density at radius 2 is 1.68 bits per heavy atom. The second-order valence-electron chi connectivity index (χ2n) is 8.07. The molecule has 0 saturated heterocycles. The molecule has 3 aromatic rings. The minimum Gasteiger partial charge on any atom is -0.444 e. The van der Waals surface area contributed by atoms with Crippen LogP contribution in [0.2, 0.25) is 0 Å². The van der Waals surface area contributed by atoms with Crippen molar-refractivity contribution in [2.75, 3.05) is 4.72 Å². The van der Waals surface area contributed by atoms with Gasteiger partial charge in [-0.1, -0.05) is 36.4 Å². The summed E-state index contributed by atoms with van der Waals surface area (Å²) in [5.74, 6) is -1.76. The van der Waals surface area contributed by atoms with Crippen LogP contribution in [-0.2, 0) is 19.6 Å². The molecule has 1 amide bonds. The number of hydrogen-bond donors (Lipinski definition) is 2. The number of nitrogens with one attached hydrogen (secondary N) is 2. The van der Waals surface area contributed by atoms with E-state index in [1.807, 2.05) is 0 Å². The van der Waals surface area contributed by atoms with E-state index in [-0.39, 0.29) is 22.2 Å². The molecule has 0 unspecified atom stereocenters. The van der Waals surface area contributed by atoms with Crippen LogP contribution in [0.25, 0.3) is 0 Å². The van der Waals surface area contributed by atoms with Crippen LogP contribution in [-0.4, -0.2) is 26.3 Å². The number of anilines is 1. The lowest BCUT2D eigenvalue weighted by atomic mass is 10.1. The smallest absolute Gasteiger partial charge is 0.339 e. The zero-order chi connectivity index (χ0) is 24.3. The van der Waals surface area contributed by atoms with Crippen LogP contribution in [0.5, 0.6) is 0 Å². The van der Waals surface area contributed by atoms with Gasteiger partial charge < -0.3 is 10.1 Å². The van der Waals surface area contributed by atoms with Crippen molar-refractivity contribution >= 4 is 27.6 Å². The zero-order valence-electron chi connectivity index (χ0n) is 18.3. The molecule has 3 aromatic carbocycles. The Labute approximate surface area is 197 Å². The molecule has 0 heterocycles. The topological polar surface area (TPSA) is 102 Å². The van der Waals surface area contributed by atoms with Gasteiger partial charge in [0, 0.05) is 17.3 Å². The van der Waals surface area contributed by atoms with Crippen molar-refractivity contribution in [3.63, 3.8) is 0 Å². The molecule has 0 radical (unpaired) electrons. The van der Waals surface area contributed by atoms with Crippen molar-refractivity contribution in [1.82, 2.24) is 5.32 Å². The first kappa shape index (κ1) is 23.4. The number of benzene rings is 3. The molecule has 9 heteroatoms. The van der Waals surface area contributed by atoms with Gasteiger partial charge in [-0.3, -0.25) is 9.52 Å². The molecule has 0 aromatic heterocycles. The number of halogens is 1. The van der Waals surface area contributed by atoms with Gasteiger partial charge >= 0.3 is 5.97 Å². The Morgan fingerprint density at radius 3 is 2.32 bits per heavy atom. The van der Waals surface area contributed by atoms with E-state index in [0.717, 1.165) is 25.0 Å². The Kier molecular flexibility index (Phi) is 6.65. The van der Waals surface area contributed by atoms with Gasteiger partial charge in [0.2, 0.25) is 6.10 Å². The second-order valence-corrected chi connectivity index (χ2v) is 9.72. The molecule has 4 rings (SSSR count). The largest absolute Gasteiger partial charge is 0.444 e.